The fourth-order valence-corrected chi connectivity index (χ4v) is 8.72. The third kappa shape index (κ3) is 5.79. The number of rotatable bonds is 8. The van der Waals surface area contributed by atoms with Gasteiger partial charge in [-0.05, 0) is 67.2 Å². The maximum absolute atomic E-state index is 13.8. The number of likely N-dealkylation sites (tertiary alicyclic amines) is 1. The smallest absolute Gasteiger partial charge is 0.253 e. The van der Waals surface area contributed by atoms with Gasteiger partial charge in [0.15, 0.2) is 0 Å². The van der Waals surface area contributed by atoms with Crippen molar-refractivity contribution in [2.45, 2.75) is 29.6 Å². The molecule has 2 fully saturated rings. The Morgan fingerprint density at radius 1 is 1.12 bits per heavy atom. The van der Waals surface area contributed by atoms with Gasteiger partial charge in [0.05, 0.1) is 12.1 Å². The second-order valence-electron chi connectivity index (χ2n) is 10.5. The Morgan fingerprint density at radius 2 is 1.93 bits per heavy atom. The van der Waals surface area contributed by atoms with Crippen LogP contribution in [0.3, 0.4) is 0 Å². The number of nitrogen functional groups attached to an aromatic ring is 1. The van der Waals surface area contributed by atoms with E-state index < -0.39 is 27.9 Å². The summed E-state index contributed by atoms with van der Waals surface area (Å²) in [5.74, 6) is -0.505. The zero-order valence-corrected chi connectivity index (χ0v) is 25.1. The highest BCUT2D eigenvalue weighted by Crippen LogP contribution is 2.34. The Balaban J connectivity index is 1.27. The number of fused-ring (bicyclic) bond motifs is 2. The van der Waals surface area contributed by atoms with Crippen LogP contribution in [0, 0.1) is 0 Å². The summed E-state index contributed by atoms with van der Waals surface area (Å²) in [5.41, 5.74) is 7.32. The van der Waals surface area contributed by atoms with Crippen molar-refractivity contribution in [2.24, 2.45) is 0 Å². The molecule has 14 heteroatoms. The van der Waals surface area contributed by atoms with Crippen molar-refractivity contribution in [1.29, 1.82) is 0 Å². The molecule has 2 aromatic heterocycles. The molecule has 2 amide bonds. The number of sulfonamides is 1. The second kappa shape index (κ2) is 11.7. The molecular formula is C28H30ClN7O4S2. The van der Waals surface area contributed by atoms with Gasteiger partial charge >= 0.3 is 0 Å². The van der Waals surface area contributed by atoms with E-state index in [-0.39, 0.29) is 23.8 Å². The Bertz CT molecular complexity index is 1770. The van der Waals surface area contributed by atoms with Crippen LogP contribution in [0.1, 0.15) is 18.4 Å². The van der Waals surface area contributed by atoms with Gasteiger partial charge in [0.1, 0.15) is 22.4 Å². The lowest BCUT2D eigenvalue weighted by Gasteiger charge is -2.39. The summed E-state index contributed by atoms with van der Waals surface area (Å²) in [7, 11) is -4.06. The number of anilines is 1. The molecule has 220 valence electrons. The van der Waals surface area contributed by atoms with Crippen LogP contribution in [0.2, 0.25) is 5.02 Å². The molecule has 2 aliphatic heterocycles. The molecule has 4 aromatic rings. The molecule has 4 heterocycles. The first kappa shape index (κ1) is 28.7. The van der Waals surface area contributed by atoms with E-state index in [9.17, 15) is 18.0 Å². The number of benzene rings is 2. The normalized spacial score (nSPS) is 18.7. The van der Waals surface area contributed by atoms with Crippen molar-refractivity contribution in [3.05, 3.63) is 59.4 Å². The fourth-order valence-electron chi connectivity index (χ4n) is 5.49. The van der Waals surface area contributed by atoms with Crippen molar-refractivity contribution in [1.82, 2.24) is 29.4 Å². The first-order valence-electron chi connectivity index (χ1n) is 13.7. The number of carbonyl (C=O) groups excluding carboxylic acids is 2. The summed E-state index contributed by atoms with van der Waals surface area (Å²) in [6, 6.07) is 11.1. The van der Waals surface area contributed by atoms with E-state index in [1.165, 1.54) is 11.2 Å². The summed E-state index contributed by atoms with van der Waals surface area (Å²) in [5, 5.41) is 4.88. The molecule has 42 heavy (non-hydrogen) atoms. The molecule has 3 N–H and O–H groups in total. The lowest BCUT2D eigenvalue weighted by atomic mass is 10.1. The highest BCUT2D eigenvalue weighted by Gasteiger charge is 2.42. The van der Waals surface area contributed by atoms with E-state index in [0.29, 0.717) is 34.8 Å². The van der Waals surface area contributed by atoms with Gasteiger partial charge in [0.25, 0.3) is 10.0 Å². The molecule has 6 rings (SSSR count). The van der Waals surface area contributed by atoms with Crippen LogP contribution in [-0.2, 0) is 26.2 Å². The predicted octanol–water partition coefficient (Wildman–Crippen LogP) is 2.69. The van der Waals surface area contributed by atoms with Crippen LogP contribution in [0.25, 0.3) is 21.0 Å². The molecule has 0 spiro atoms. The third-order valence-corrected chi connectivity index (χ3v) is 11.3. The van der Waals surface area contributed by atoms with Gasteiger partial charge in [-0.1, -0.05) is 23.7 Å². The SMILES string of the molecule is Nc1ncnc2cc(CN3C(=O)CN(S(=O)(=O)c4cc5ccc(Cl)cc5s4)CC3C(=O)NCCN3CCCC3)ccc12. The molecule has 1 unspecified atom stereocenters. The summed E-state index contributed by atoms with van der Waals surface area (Å²) < 4.78 is 29.4. The van der Waals surface area contributed by atoms with Gasteiger partial charge in [-0.2, -0.15) is 4.31 Å². The number of amides is 2. The van der Waals surface area contributed by atoms with E-state index in [4.69, 9.17) is 17.3 Å². The first-order chi connectivity index (χ1) is 20.2. The van der Waals surface area contributed by atoms with Crippen LogP contribution in [0.5, 0.6) is 0 Å². The molecule has 0 saturated carbocycles. The molecule has 2 saturated heterocycles. The highest BCUT2D eigenvalue weighted by atomic mass is 35.5. The Hall–Kier alpha value is -3.36. The molecule has 1 atom stereocenters. The van der Waals surface area contributed by atoms with Gasteiger partial charge < -0.3 is 20.9 Å². The van der Waals surface area contributed by atoms with Gasteiger partial charge in [0.2, 0.25) is 11.8 Å². The van der Waals surface area contributed by atoms with Crippen molar-refractivity contribution in [3.63, 3.8) is 0 Å². The van der Waals surface area contributed by atoms with E-state index in [2.05, 4.69) is 20.2 Å². The summed E-state index contributed by atoms with van der Waals surface area (Å²) in [4.78, 5) is 39.2. The number of carbonyl (C=O) groups is 2. The molecule has 11 nitrogen and oxygen atoms in total. The van der Waals surface area contributed by atoms with Gasteiger partial charge in [-0.3, -0.25) is 9.59 Å². The molecule has 0 radical (unpaired) electrons. The van der Waals surface area contributed by atoms with Gasteiger partial charge in [-0.15, -0.1) is 11.3 Å². The number of hydrogen-bond donors (Lipinski definition) is 2. The quantitative estimate of drug-likeness (QED) is 0.304. The molecule has 2 aromatic carbocycles. The maximum Gasteiger partial charge on any atom is 0.253 e. The monoisotopic (exact) mass is 627 g/mol. The Morgan fingerprint density at radius 3 is 2.74 bits per heavy atom. The number of nitrogens with zero attached hydrogens (tertiary/aromatic N) is 5. The van der Waals surface area contributed by atoms with E-state index in [1.807, 2.05) is 6.07 Å². The predicted molar refractivity (Wildman–Crippen MR) is 163 cm³/mol. The molecule has 0 aliphatic carbocycles. The van der Waals surface area contributed by atoms with Crippen LogP contribution in [-0.4, -0.2) is 89.6 Å². The van der Waals surface area contributed by atoms with E-state index >= 15 is 0 Å². The number of halogens is 1. The Labute approximate surface area is 252 Å². The average Bonchev–Trinajstić information content (AvgIpc) is 3.64. The first-order valence-corrected chi connectivity index (χ1v) is 16.3. The Kier molecular flexibility index (Phi) is 8.03. The number of nitrogens with two attached hydrogens (primary N) is 1. The van der Waals surface area contributed by atoms with Crippen molar-refractivity contribution >= 4 is 71.6 Å². The number of hydrogen-bond acceptors (Lipinski definition) is 9. The number of nitrogens with one attached hydrogen (secondary N) is 1. The molecular weight excluding hydrogens is 598 g/mol. The largest absolute Gasteiger partial charge is 0.383 e. The minimum Gasteiger partial charge on any atom is -0.383 e. The lowest BCUT2D eigenvalue weighted by Crippen LogP contribution is -2.62. The standard InChI is InChI=1S/C28H30ClN7O4S2/c29-20-5-4-19-12-26(41-24(19)13-20)42(39,40)35-15-23(28(38)31-7-10-34-8-1-2-9-34)36(25(37)16-35)14-18-3-6-21-22(11-18)32-17-33-27(21)30/h3-6,11-13,17,23H,1-2,7-10,14-16H2,(H,31,38)(H2,30,32,33). The van der Waals surface area contributed by atoms with Crippen LogP contribution in [0.15, 0.2) is 53.0 Å². The van der Waals surface area contributed by atoms with Crippen molar-refractivity contribution < 1.29 is 18.0 Å². The summed E-state index contributed by atoms with van der Waals surface area (Å²) in [6.45, 7) is 2.66. The molecule has 2 aliphatic rings. The molecule has 0 bridgehead atoms. The highest BCUT2D eigenvalue weighted by molar-refractivity contribution is 7.91. The number of aromatic nitrogens is 2. The third-order valence-electron chi connectivity index (χ3n) is 7.75. The minimum absolute atomic E-state index is 0.0982. The van der Waals surface area contributed by atoms with Crippen LogP contribution >= 0.6 is 22.9 Å². The van der Waals surface area contributed by atoms with Crippen molar-refractivity contribution in [2.75, 3.05) is 45.0 Å². The number of thiophene rings is 1. The fraction of sp³-hybridized carbons (Fsp3) is 0.357. The minimum atomic E-state index is -4.06. The summed E-state index contributed by atoms with van der Waals surface area (Å²) >= 11 is 7.19. The van der Waals surface area contributed by atoms with Crippen LogP contribution in [0.4, 0.5) is 5.82 Å². The van der Waals surface area contributed by atoms with Crippen LogP contribution < -0.4 is 11.1 Å². The average molecular weight is 628 g/mol. The number of piperazine rings is 1. The van der Waals surface area contributed by atoms with Crippen molar-refractivity contribution in [3.8, 4) is 0 Å². The van der Waals surface area contributed by atoms with E-state index in [0.717, 1.165) is 57.2 Å². The zero-order chi connectivity index (χ0) is 29.4. The lowest BCUT2D eigenvalue weighted by molar-refractivity contribution is -0.145. The van der Waals surface area contributed by atoms with E-state index in [1.54, 1.807) is 36.4 Å². The second-order valence-corrected chi connectivity index (χ2v) is 14.2. The van der Waals surface area contributed by atoms with Gasteiger partial charge in [-0.25, -0.2) is 18.4 Å². The summed E-state index contributed by atoms with van der Waals surface area (Å²) in [6.07, 6.45) is 3.64. The zero-order valence-electron chi connectivity index (χ0n) is 22.7. The topological polar surface area (TPSA) is 142 Å². The van der Waals surface area contributed by atoms with Gasteiger partial charge in [0, 0.05) is 41.3 Å². The maximum atomic E-state index is 13.8.